The lowest BCUT2D eigenvalue weighted by Gasteiger charge is -2.34. The molecule has 0 bridgehead atoms. The molecule has 0 aromatic heterocycles. The summed E-state index contributed by atoms with van der Waals surface area (Å²) in [5.74, 6) is -0.145. The molecule has 1 saturated heterocycles. The van der Waals surface area contributed by atoms with Crippen LogP contribution < -0.4 is 5.73 Å². The summed E-state index contributed by atoms with van der Waals surface area (Å²) in [6, 6.07) is 0.332. The molecule has 1 saturated carbocycles. The fraction of sp³-hybridized carbons (Fsp3) is 0.867. The molecule has 120 valence electrons. The van der Waals surface area contributed by atoms with Crippen LogP contribution >= 0.6 is 0 Å². The Balaban J connectivity index is 1.83. The zero-order valence-corrected chi connectivity index (χ0v) is 13.0. The smallest absolute Gasteiger partial charge is 0.325 e. The second-order valence-electron chi connectivity index (χ2n) is 6.84. The first-order valence-electron chi connectivity index (χ1n) is 7.82. The van der Waals surface area contributed by atoms with E-state index in [1.807, 2.05) is 16.8 Å². The van der Waals surface area contributed by atoms with Crippen molar-refractivity contribution in [2.45, 2.75) is 50.6 Å². The van der Waals surface area contributed by atoms with Gasteiger partial charge in [0.2, 0.25) is 5.91 Å². The molecule has 0 radical (unpaired) electrons. The molecule has 0 aromatic carbocycles. The summed E-state index contributed by atoms with van der Waals surface area (Å²) in [7, 11) is 1.87. The first kappa shape index (κ1) is 16.2. The van der Waals surface area contributed by atoms with Crippen LogP contribution in [0.1, 0.15) is 39.0 Å². The van der Waals surface area contributed by atoms with Crippen molar-refractivity contribution < 1.29 is 14.7 Å². The number of likely N-dealkylation sites (tertiary alicyclic amines) is 1. The van der Waals surface area contributed by atoms with Crippen LogP contribution in [0.15, 0.2) is 0 Å². The highest BCUT2D eigenvalue weighted by atomic mass is 16.4. The Morgan fingerprint density at radius 3 is 2.48 bits per heavy atom. The molecule has 2 fully saturated rings. The van der Waals surface area contributed by atoms with Gasteiger partial charge in [-0.3, -0.25) is 14.5 Å². The maximum absolute atomic E-state index is 12.4. The standard InChI is InChI=1S/C15H27N3O3/c1-11-3-5-12(6-4-11)17(2)13(19)9-18-8-7-15(16,10-18)14(20)21/h11-12H,3-10,16H2,1-2H3,(H,20,21). The Hall–Kier alpha value is -1.14. The van der Waals surface area contributed by atoms with Crippen LogP contribution in [0.25, 0.3) is 0 Å². The number of rotatable bonds is 4. The summed E-state index contributed by atoms with van der Waals surface area (Å²) in [5.41, 5.74) is 4.64. The zero-order valence-electron chi connectivity index (χ0n) is 13.0. The molecule has 2 rings (SSSR count). The summed E-state index contributed by atoms with van der Waals surface area (Å²) in [5, 5.41) is 9.12. The predicted molar refractivity (Wildman–Crippen MR) is 79.8 cm³/mol. The second-order valence-corrected chi connectivity index (χ2v) is 6.84. The number of carboxylic acids is 1. The van der Waals surface area contributed by atoms with Gasteiger partial charge in [-0.05, 0) is 38.0 Å². The van der Waals surface area contributed by atoms with Crippen molar-refractivity contribution in [1.82, 2.24) is 9.80 Å². The molecule has 1 aliphatic carbocycles. The number of carboxylic acid groups (broad SMARTS) is 1. The van der Waals surface area contributed by atoms with Crippen LogP contribution in [0.3, 0.4) is 0 Å². The van der Waals surface area contributed by atoms with Crippen molar-refractivity contribution in [3.63, 3.8) is 0 Å². The molecule has 1 heterocycles. The minimum absolute atomic E-state index is 0.0733. The summed E-state index contributed by atoms with van der Waals surface area (Å²) < 4.78 is 0. The van der Waals surface area contributed by atoms with Crippen molar-refractivity contribution in [1.29, 1.82) is 0 Å². The van der Waals surface area contributed by atoms with Crippen LogP contribution in [0.5, 0.6) is 0 Å². The number of nitrogens with two attached hydrogens (primary N) is 1. The highest BCUT2D eigenvalue weighted by Crippen LogP contribution is 2.27. The van der Waals surface area contributed by atoms with Crippen LogP contribution in [0, 0.1) is 5.92 Å². The van der Waals surface area contributed by atoms with Gasteiger partial charge in [0.25, 0.3) is 0 Å². The number of carbonyl (C=O) groups is 2. The summed E-state index contributed by atoms with van der Waals surface area (Å²) in [4.78, 5) is 27.2. The van der Waals surface area contributed by atoms with Crippen molar-refractivity contribution >= 4 is 11.9 Å². The maximum atomic E-state index is 12.4. The van der Waals surface area contributed by atoms with Crippen LogP contribution in [0.2, 0.25) is 0 Å². The number of nitrogens with zero attached hydrogens (tertiary/aromatic N) is 2. The molecule has 6 nitrogen and oxygen atoms in total. The van der Waals surface area contributed by atoms with Gasteiger partial charge >= 0.3 is 5.97 Å². The fourth-order valence-corrected chi connectivity index (χ4v) is 3.36. The Morgan fingerprint density at radius 2 is 1.95 bits per heavy atom. The van der Waals surface area contributed by atoms with Gasteiger partial charge in [0.1, 0.15) is 5.54 Å². The predicted octanol–water partition coefficient (Wildman–Crippen LogP) is 0.511. The van der Waals surface area contributed by atoms with E-state index in [1.165, 1.54) is 12.8 Å². The molecule has 6 heteroatoms. The first-order valence-corrected chi connectivity index (χ1v) is 7.82. The lowest BCUT2D eigenvalue weighted by molar-refractivity contribution is -0.143. The number of carbonyl (C=O) groups excluding carboxylic acids is 1. The van der Waals surface area contributed by atoms with E-state index in [2.05, 4.69) is 6.92 Å². The lowest BCUT2D eigenvalue weighted by Crippen LogP contribution is -2.51. The van der Waals surface area contributed by atoms with Gasteiger partial charge in [-0.2, -0.15) is 0 Å². The Morgan fingerprint density at radius 1 is 1.33 bits per heavy atom. The van der Waals surface area contributed by atoms with E-state index in [1.54, 1.807) is 0 Å². The van der Waals surface area contributed by atoms with Gasteiger partial charge in [0.05, 0.1) is 6.54 Å². The molecule has 2 aliphatic rings. The quantitative estimate of drug-likeness (QED) is 0.789. The molecular weight excluding hydrogens is 270 g/mol. The number of hydrogen-bond donors (Lipinski definition) is 2. The van der Waals surface area contributed by atoms with Crippen molar-refractivity contribution in [3.05, 3.63) is 0 Å². The highest BCUT2D eigenvalue weighted by molar-refractivity contribution is 5.81. The number of aliphatic carboxylic acids is 1. The van der Waals surface area contributed by atoms with E-state index in [4.69, 9.17) is 10.8 Å². The third-order valence-corrected chi connectivity index (χ3v) is 5.09. The number of likely N-dealkylation sites (N-methyl/N-ethyl adjacent to an activating group) is 1. The Labute approximate surface area is 126 Å². The van der Waals surface area contributed by atoms with E-state index < -0.39 is 11.5 Å². The topological polar surface area (TPSA) is 86.9 Å². The van der Waals surface area contributed by atoms with E-state index >= 15 is 0 Å². The molecule has 3 N–H and O–H groups in total. The van der Waals surface area contributed by atoms with Crippen LogP contribution in [-0.2, 0) is 9.59 Å². The molecule has 0 aromatic rings. The highest BCUT2D eigenvalue weighted by Gasteiger charge is 2.42. The Kier molecular flexibility index (Phi) is 4.88. The van der Waals surface area contributed by atoms with Gasteiger partial charge < -0.3 is 15.7 Å². The average Bonchev–Trinajstić information content (AvgIpc) is 2.81. The van der Waals surface area contributed by atoms with Gasteiger partial charge in [0, 0.05) is 26.2 Å². The number of amides is 1. The minimum atomic E-state index is -1.20. The minimum Gasteiger partial charge on any atom is -0.480 e. The van der Waals surface area contributed by atoms with E-state index in [-0.39, 0.29) is 19.0 Å². The lowest BCUT2D eigenvalue weighted by atomic mass is 9.87. The van der Waals surface area contributed by atoms with Crippen molar-refractivity contribution in [2.24, 2.45) is 11.7 Å². The van der Waals surface area contributed by atoms with Crippen LogP contribution in [-0.4, -0.2) is 65.0 Å². The largest absolute Gasteiger partial charge is 0.480 e. The maximum Gasteiger partial charge on any atom is 0.325 e. The van der Waals surface area contributed by atoms with Crippen LogP contribution in [0.4, 0.5) is 0 Å². The average molecular weight is 297 g/mol. The van der Waals surface area contributed by atoms with Gasteiger partial charge in [-0.25, -0.2) is 0 Å². The van der Waals surface area contributed by atoms with Crippen molar-refractivity contribution in [3.8, 4) is 0 Å². The second kappa shape index (κ2) is 6.32. The summed E-state index contributed by atoms with van der Waals surface area (Å²) in [6.45, 7) is 3.36. The van der Waals surface area contributed by atoms with E-state index in [9.17, 15) is 9.59 Å². The van der Waals surface area contributed by atoms with Gasteiger partial charge in [-0.1, -0.05) is 6.92 Å². The zero-order chi connectivity index (χ0) is 15.6. The molecule has 1 atom stereocenters. The normalized spacial score (nSPS) is 33.9. The van der Waals surface area contributed by atoms with Crippen molar-refractivity contribution in [2.75, 3.05) is 26.7 Å². The first-order chi connectivity index (χ1) is 9.82. The molecule has 1 amide bonds. The monoisotopic (exact) mass is 297 g/mol. The van der Waals surface area contributed by atoms with E-state index in [0.717, 1.165) is 18.8 Å². The molecule has 1 unspecified atom stereocenters. The molecular formula is C15H27N3O3. The summed E-state index contributed by atoms with van der Waals surface area (Å²) >= 11 is 0. The number of hydrogen-bond acceptors (Lipinski definition) is 4. The third kappa shape index (κ3) is 3.74. The molecule has 21 heavy (non-hydrogen) atoms. The van der Waals surface area contributed by atoms with Gasteiger partial charge in [0.15, 0.2) is 0 Å². The Bertz CT molecular complexity index is 407. The molecule has 1 aliphatic heterocycles. The fourth-order valence-electron chi connectivity index (χ4n) is 3.36. The van der Waals surface area contributed by atoms with E-state index in [0.29, 0.717) is 19.0 Å². The van der Waals surface area contributed by atoms with Gasteiger partial charge in [-0.15, -0.1) is 0 Å². The molecule has 0 spiro atoms. The third-order valence-electron chi connectivity index (χ3n) is 5.09. The SMILES string of the molecule is CC1CCC(N(C)C(=O)CN2CCC(N)(C(=O)O)C2)CC1. The summed E-state index contributed by atoms with van der Waals surface area (Å²) in [6.07, 6.45) is 4.90.